The monoisotopic (exact) mass is 563 g/mol. The first-order chi connectivity index (χ1) is 18.9. The molecule has 1 N–H and O–H groups in total. The van der Waals surface area contributed by atoms with Gasteiger partial charge in [0, 0.05) is 6.07 Å². The number of thiol groups is 1. The minimum absolute atomic E-state index is 0.0542. The number of amides is 1. The van der Waals surface area contributed by atoms with Gasteiger partial charge in [0.25, 0.3) is 0 Å². The average Bonchev–Trinajstić information content (AvgIpc) is 2.94. The van der Waals surface area contributed by atoms with Crippen LogP contribution >= 0.6 is 11.6 Å². The van der Waals surface area contributed by atoms with E-state index in [1.165, 1.54) is 31.4 Å². The molecule has 196 valence electrons. The van der Waals surface area contributed by atoms with E-state index in [0.29, 0.717) is 27.5 Å². The molecular weight excluding hydrogens is 544 g/mol. The van der Waals surface area contributed by atoms with Crippen molar-refractivity contribution >= 4 is 62.4 Å². The van der Waals surface area contributed by atoms with Gasteiger partial charge in [-0.1, -0.05) is 29.8 Å². The molecule has 1 aromatic heterocycles. The van der Waals surface area contributed by atoms with Crippen molar-refractivity contribution < 1.29 is 17.9 Å². The number of anilines is 4. The Kier molecular flexibility index (Phi) is 8.75. The Bertz CT molecular complexity index is 1720. The van der Waals surface area contributed by atoms with Crippen LogP contribution in [0.4, 0.5) is 23.0 Å². The molecule has 0 aliphatic heterocycles. The lowest BCUT2D eigenvalue weighted by Crippen LogP contribution is -2.19. The first-order valence-electron chi connectivity index (χ1n) is 11.3. The van der Waals surface area contributed by atoms with Gasteiger partial charge in [0.15, 0.2) is 11.6 Å². The summed E-state index contributed by atoms with van der Waals surface area (Å²) >= 11 is 6.38. The van der Waals surface area contributed by atoms with Crippen LogP contribution in [0.1, 0.15) is 16.8 Å². The SMILES string of the molecule is COc1ccc(Cl)c(Nc2nc3ccccc3nc2N(c2cccc(C(=O)N=[N+]=NCCC#N)c2)[SH](=O)=O)c1. The average molecular weight is 564 g/mol. The number of nitrogens with one attached hydrogen (secondary N) is 1. The number of fused-ring (bicyclic) bond motifs is 1. The summed E-state index contributed by atoms with van der Waals surface area (Å²) in [7, 11) is -1.80. The molecule has 1 amide bonds. The molecule has 0 saturated heterocycles. The highest BCUT2D eigenvalue weighted by Crippen LogP contribution is 2.36. The normalized spacial score (nSPS) is 10.4. The summed E-state index contributed by atoms with van der Waals surface area (Å²) in [4.78, 5) is 25.1. The van der Waals surface area contributed by atoms with Gasteiger partial charge >= 0.3 is 5.91 Å². The summed E-state index contributed by atoms with van der Waals surface area (Å²) in [5, 5.41) is 19.1. The molecule has 14 heteroatoms. The number of para-hydroxylation sites is 2. The van der Waals surface area contributed by atoms with E-state index >= 15 is 0 Å². The molecule has 3 aromatic carbocycles. The molecule has 0 radical (unpaired) electrons. The minimum atomic E-state index is -3.31. The molecule has 4 rings (SSSR count). The van der Waals surface area contributed by atoms with E-state index in [0.717, 1.165) is 4.31 Å². The number of benzene rings is 3. The van der Waals surface area contributed by atoms with Crippen LogP contribution in [0.2, 0.25) is 5.02 Å². The fraction of sp³-hybridized carbons (Fsp3) is 0.120. The van der Waals surface area contributed by atoms with Gasteiger partial charge in [-0.05, 0) is 42.5 Å². The van der Waals surface area contributed by atoms with E-state index in [-0.39, 0.29) is 35.9 Å². The molecular formula is C25H20ClN8O4S+. The summed E-state index contributed by atoms with van der Waals surface area (Å²) in [6.07, 6.45) is 0.137. The fourth-order valence-electron chi connectivity index (χ4n) is 3.42. The topological polar surface area (TPSA) is 164 Å². The van der Waals surface area contributed by atoms with Crippen LogP contribution in [0.15, 0.2) is 77.0 Å². The third-order valence-corrected chi connectivity index (χ3v) is 6.28. The highest BCUT2D eigenvalue weighted by Gasteiger charge is 2.23. The van der Waals surface area contributed by atoms with E-state index in [9.17, 15) is 13.2 Å². The van der Waals surface area contributed by atoms with Gasteiger partial charge in [-0.15, -0.1) is 0 Å². The van der Waals surface area contributed by atoms with Gasteiger partial charge in [0.1, 0.15) is 17.4 Å². The van der Waals surface area contributed by atoms with Crippen molar-refractivity contribution in [3.8, 4) is 11.8 Å². The number of carbonyl (C=O) groups excluding carboxylic acids is 1. The Morgan fingerprint density at radius 1 is 1.13 bits per heavy atom. The first-order valence-corrected chi connectivity index (χ1v) is 12.8. The van der Waals surface area contributed by atoms with Crippen molar-refractivity contribution in [3.63, 3.8) is 0 Å². The van der Waals surface area contributed by atoms with Crippen LogP contribution in [0.5, 0.6) is 5.75 Å². The zero-order valence-electron chi connectivity index (χ0n) is 20.4. The summed E-state index contributed by atoms with van der Waals surface area (Å²) < 4.78 is 31.4. The predicted molar refractivity (Wildman–Crippen MR) is 146 cm³/mol. The standard InChI is InChI=1S/C25H19ClN8O4S/c1-38-18-10-11-19(26)22(15-18)30-23-24(31-21-9-3-2-8-20(21)29-23)34(39(36)37)17-7-4-6-16(14-17)25(35)32-33-28-13-5-12-27/h2-4,6-11,14-15,39H,5,13H2,1H3/p+1. The zero-order valence-corrected chi connectivity index (χ0v) is 22.0. The summed E-state index contributed by atoms with van der Waals surface area (Å²) in [5.74, 6) is -0.189. The largest absolute Gasteiger partial charge is 0.497 e. The third kappa shape index (κ3) is 6.52. The van der Waals surface area contributed by atoms with Gasteiger partial charge < -0.3 is 10.1 Å². The molecule has 0 fully saturated rings. The van der Waals surface area contributed by atoms with E-state index in [1.807, 2.05) is 6.07 Å². The van der Waals surface area contributed by atoms with E-state index < -0.39 is 16.8 Å². The van der Waals surface area contributed by atoms with Crippen molar-refractivity contribution in [1.29, 1.82) is 5.26 Å². The molecule has 0 atom stereocenters. The maximum absolute atomic E-state index is 12.6. The first kappa shape index (κ1) is 27.2. The van der Waals surface area contributed by atoms with Crippen molar-refractivity contribution in [2.45, 2.75) is 6.42 Å². The van der Waals surface area contributed by atoms with E-state index in [2.05, 4.69) is 30.4 Å². The van der Waals surface area contributed by atoms with Crippen LogP contribution < -0.4 is 19.3 Å². The fourth-order valence-corrected chi connectivity index (χ4v) is 4.19. The number of ether oxygens (including phenoxy) is 1. The molecule has 39 heavy (non-hydrogen) atoms. The van der Waals surface area contributed by atoms with Gasteiger partial charge in [-0.25, -0.2) is 22.7 Å². The lowest BCUT2D eigenvalue weighted by Gasteiger charge is -2.21. The highest BCUT2D eigenvalue weighted by atomic mass is 35.5. The number of methoxy groups -OCH3 is 1. The minimum Gasteiger partial charge on any atom is -0.497 e. The second-order valence-corrected chi connectivity index (χ2v) is 9.01. The maximum atomic E-state index is 12.6. The third-order valence-electron chi connectivity index (χ3n) is 5.20. The molecule has 0 spiro atoms. The molecule has 0 bridgehead atoms. The lowest BCUT2D eigenvalue weighted by atomic mass is 10.2. The van der Waals surface area contributed by atoms with Crippen LogP contribution in [-0.4, -0.2) is 37.9 Å². The number of carbonyl (C=O) groups is 1. The van der Waals surface area contributed by atoms with Gasteiger partial charge in [-0.2, -0.15) is 5.26 Å². The summed E-state index contributed by atoms with van der Waals surface area (Å²) in [6.45, 7) is 0.103. The summed E-state index contributed by atoms with van der Waals surface area (Å²) in [5.41, 5.74) is 1.53. The molecule has 0 aliphatic carbocycles. The number of nitrogens with zero attached hydrogens (tertiary/aromatic N) is 7. The second kappa shape index (κ2) is 12.6. The van der Waals surface area contributed by atoms with Crippen LogP contribution in [0.3, 0.4) is 0 Å². The van der Waals surface area contributed by atoms with Crippen molar-refractivity contribution in [3.05, 3.63) is 77.3 Å². The molecule has 4 aromatic rings. The zero-order chi connectivity index (χ0) is 27.8. The molecule has 0 unspecified atom stereocenters. The Labute approximate surface area is 229 Å². The van der Waals surface area contributed by atoms with Crippen LogP contribution in [0, 0.1) is 11.3 Å². The van der Waals surface area contributed by atoms with E-state index in [4.69, 9.17) is 21.6 Å². The number of hydrogen-bond acceptors (Lipinski definition) is 9. The molecule has 12 nitrogen and oxygen atoms in total. The number of aromatic nitrogens is 2. The Balaban J connectivity index is 1.81. The Hall–Kier alpha value is -4.89. The molecule has 0 aliphatic rings. The van der Waals surface area contributed by atoms with Gasteiger partial charge in [0.05, 0.1) is 52.6 Å². The summed E-state index contributed by atoms with van der Waals surface area (Å²) in [6, 6.07) is 19.6. The molecule has 1 heterocycles. The highest BCUT2D eigenvalue weighted by molar-refractivity contribution is 7.74. The predicted octanol–water partition coefficient (Wildman–Crippen LogP) is 4.73. The van der Waals surface area contributed by atoms with Crippen LogP contribution in [-0.2, 0) is 10.9 Å². The molecule has 0 saturated carbocycles. The van der Waals surface area contributed by atoms with Crippen molar-refractivity contribution in [2.75, 3.05) is 23.3 Å². The Morgan fingerprint density at radius 3 is 2.62 bits per heavy atom. The number of rotatable bonds is 9. The Morgan fingerprint density at radius 2 is 1.90 bits per heavy atom. The van der Waals surface area contributed by atoms with Crippen molar-refractivity contribution in [2.24, 2.45) is 10.2 Å². The quantitative estimate of drug-likeness (QED) is 0.128. The smallest absolute Gasteiger partial charge is 0.360 e. The van der Waals surface area contributed by atoms with Crippen molar-refractivity contribution in [1.82, 2.24) is 14.9 Å². The number of nitriles is 1. The number of hydrogen-bond donors (Lipinski definition) is 2. The lowest BCUT2D eigenvalue weighted by molar-refractivity contribution is 0.0992. The maximum Gasteiger partial charge on any atom is 0.360 e. The number of halogens is 1. The van der Waals surface area contributed by atoms with Gasteiger partial charge in [-0.3, -0.25) is 4.79 Å². The van der Waals surface area contributed by atoms with Crippen LogP contribution in [0.25, 0.3) is 11.0 Å². The van der Waals surface area contributed by atoms with Gasteiger partial charge in [0.2, 0.25) is 20.9 Å². The second-order valence-electron chi connectivity index (χ2n) is 7.72. The van der Waals surface area contributed by atoms with E-state index in [1.54, 1.807) is 42.5 Å².